The highest BCUT2D eigenvalue weighted by Gasteiger charge is 2.35. The van der Waals surface area contributed by atoms with Gasteiger partial charge in [-0.15, -0.1) is 21.5 Å². The molecule has 9 heteroatoms. The molecule has 0 saturated heterocycles. The summed E-state index contributed by atoms with van der Waals surface area (Å²) < 4.78 is 4.18. The molecule has 1 fully saturated rings. The van der Waals surface area contributed by atoms with Crippen molar-refractivity contribution in [3.8, 4) is 5.00 Å². The van der Waals surface area contributed by atoms with Crippen LogP contribution >= 0.6 is 11.3 Å². The Balaban J connectivity index is 1.41. The first kappa shape index (κ1) is 24.9. The van der Waals surface area contributed by atoms with Gasteiger partial charge in [0.25, 0.3) is 0 Å². The summed E-state index contributed by atoms with van der Waals surface area (Å²) in [4.78, 5) is 23.8. The number of hydrogen-bond donors (Lipinski definition) is 1. The number of nitrogens with zero attached hydrogens (tertiary/aromatic N) is 6. The fraction of sp³-hybridized carbons (Fsp3) is 0.593. The van der Waals surface area contributed by atoms with E-state index < -0.39 is 0 Å². The number of carbonyl (C=O) groups is 1. The van der Waals surface area contributed by atoms with Crippen LogP contribution in [0.2, 0.25) is 0 Å². The van der Waals surface area contributed by atoms with E-state index in [0.29, 0.717) is 12.5 Å². The van der Waals surface area contributed by atoms with E-state index in [1.165, 1.54) is 46.0 Å². The summed E-state index contributed by atoms with van der Waals surface area (Å²) in [6.45, 7) is 10.2. The maximum atomic E-state index is 13.0. The first-order valence-corrected chi connectivity index (χ1v) is 14.1. The predicted octanol–water partition coefficient (Wildman–Crippen LogP) is 5.11. The van der Waals surface area contributed by atoms with Gasteiger partial charge < -0.3 is 9.88 Å². The van der Waals surface area contributed by atoms with Crippen LogP contribution in [0.3, 0.4) is 0 Å². The van der Waals surface area contributed by atoms with Gasteiger partial charge in [0.2, 0.25) is 5.91 Å². The van der Waals surface area contributed by atoms with Crippen LogP contribution in [-0.4, -0.2) is 42.5 Å². The number of nitrogens with one attached hydrogen (secondary N) is 1. The van der Waals surface area contributed by atoms with E-state index in [2.05, 4.69) is 45.8 Å². The number of carbonyl (C=O) groups excluding carboxylic acids is 1. The van der Waals surface area contributed by atoms with Crippen molar-refractivity contribution in [2.24, 2.45) is 16.8 Å². The minimum Gasteiger partial charge on any atom is -0.356 e. The van der Waals surface area contributed by atoms with E-state index in [1.54, 1.807) is 23.9 Å². The first-order chi connectivity index (χ1) is 17.5. The van der Waals surface area contributed by atoms with Crippen molar-refractivity contribution in [2.75, 3.05) is 6.54 Å². The normalized spacial score (nSPS) is 21.4. The molecule has 1 unspecified atom stereocenters. The molecule has 1 saturated carbocycles. The number of thiophene rings is 1. The van der Waals surface area contributed by atoms with Crippen molar-refractivity contribution in [3.63, 3.8) is 0 Å². The average molecular weight is 508 g/mol. The van der Waals surface area contributed by atoms with Gasteiger partial charge in [-0.3, -0.25) is 14.4 Å². The minimum absolute atomic E-state index is 0.00813. The van der Waals surface area contributed by atoms with Gasteiger partial charge in [0.05, 0.1) is 12.7 Å². The van der Waals surface area contributed by atoms with Gasteiger partial charge in [-0.05, 0) is 64.4 Å². The van der Waals surface area contributed by atoms with Gasteiger partial charge >= 0.3 is 0 Å². The SMILES string of the molecule is CCC1CCC(C2=NC(CC(=O)NCCCn3ccnc3)c3nnc(C)n3-c3sc(C)c(C)c32)CC1. The molecule has 0 bridgehead atoms. The molecule has 1 aliphatic heterocycles. The monoisotopic (exact) mass is 507 g/mol. The van der Waals surface area contributed by atoms with Gasteiger partial charge in [-0.2, -0.15) is 0 Å². The smallest absolute Gasteiger partial charge is 0.222 e. The van der Waals surface area contributed by atoms with Crippen LogP contribution in [0.15, 0.2) is 23.7 Å². The first-order valence-electron chi connectivity index (χ1n) is 13.3. The third-order valence-electron chi connectivity index (χ3n) is 7.93. The van der Waals surface area contributed by atoms with Crippen LogP contribution in [-0.2, 0) is 11.3 Å². The molecule has 1 N–H and O–H groups in total. The van der Waals surface area contributed by atoms with Crippen LogP contribution in [0.1, 0.15) is 85.6 Å². The van der Waals surface area contributed by atoms with Crippen molar-refractivity contribution >= 4 is 23.0 Å². The van der Waals surface area contributed by atoms with Crippen molar-refractivity contribution in [1.82, 2.24) is 29.6 Å². The summed E-state index contributed by atoms with van der Waals surface area (Å²) in [7, 11) is 0. The van der Waals surface area contributed by atoms with E-state index in [9.17, 15) is 4.79 Å². The quantitative estimate of drug-likeness (QED) is 0.429. The molecule has 0 aromatic carbocycles. The van der Waals surface area contributed by atoms with Gasteiger partial charge in [-0.25, -0.2) is 4.98 Å². The standard InChI is InChI=1S/C27H37N7OS/c1-5-20-7-9-21(10-8-20)25-24-17(2)18(3)36-27(24)34-19(4)31-32-26(34)22(30-25)15-23(35)29-11-6-13-33-14-12-28-16-33/h12,14,16,20-22H,5-11,13,15H2,1-4H3,(H,29,35). The zero-order valence-corrected chi connectivity index (χ0v) is 22.6. The summed E-state index contributed by atoms with van der Waals surface area (Å²) in [6, 6.07) is -0.335. The lowest BCUT2D eigenvalue weighted by molar-refractivity contribution is -0.121. The molecule has 0 spiro atoms. The molecule has 4 heterocycles. The second-order valence-corrected chi connectivity index (χ2v) is 11.5. The lowest BCUT2D eigenvalue weighted by Crippen LogP contribution is -2.27. The number of aryl methyl sites for hydroxylation is 3. The van der Waals surface area contributed by atoms with Gasteiger partial charge in [0.1, 0.15) is 16.9 Å². The van der Waals surface area contributed by atoms with Crippen molar-refractivity contribution in [3.05, 3.63) is 46.4 Å². The third kappa shape index (κ3) is 4.90. The Morgan fingerprint density at radius 2 is 1.97 bits per heavy atom. The molecule has 3 aromatic heterocycles. The summed E-state index contributed by atoms with van der Waals surface area (Å²) in [6.07, 6.45) is 12.7. The number of amides is 1. The van der Waals surface area contributed by atoms with Gasteiger partial charge in [0, 0.05) is 47.6 Å². The summed E-state index contributed by atoms with van der Waals surface area (Å²) in [5.41, 5.74) is 3.74. The second kappa shape index (κ2) is 10.7. The Morgan fingerprint density at radius 1 is 1.17 bits per heavy atom. The largest absolute Gasteiger partial charge is 0.356 e. The Morgan fingerprint density at radius 3 is 2.69 bits per heavy atom. The van der Waals surface area contributed by atoms with Gasteiger partial charge in [-0.1, -0.05) is 13.3 Å². The van der Waals surface area contributed by atoms with E-state index in [4.69, 9.17) is 4.99 Å². The molecule has 8 nitrogen and oxygen atoms in total. The lowest BCUT2D eigenvalue weighted by Gasteiger charge is -2.29. The molecule has 1 amide bonds. The Bertz CT molecular complexity index is 1230. The third-order valence-corrected chi connectivity index (χ3v) is 9.13. The Kier molecular flexibility index (Phi) is 7.37. The zero-order valence-electron chi connectivity index (χ0n) is 21.8. The zero-order chi connectivity index (χ0) is 25.2. The fourth-order valence-corrected chi connectivity index (χ4v) is 6.87. The maximum Gasteiger partial charge on any atom is 0.222 e. The molecule has 192 valence electrons. The molecule has 1 aliphatic carbocycles. The molecule has 5 rings (SSSR count). The number of aliphatic imine (C=N–C) groups is 1. The highest BCUT2D eigenvalue weighted by atomic mass is 32.1. The highest BCUT2D eigenvalue weighted by Crippen LogP contribution is 2.42. The summed E-state index contributed by atoms with van der Waals surface area (Å²) >= 11 is 1.80. The van der Waals surface area contributed by atoms with Crippen molar-refractivity contribution < 1.29 is 4.79 Å². The molecule has 0 radical (unpaired) electrons. The summed E-state index contributed by atoms with van der Waals surface area (Å²) in [5.74, 6) is 2.89. The minimum atomic E-state index is -0.335. The maximum absolute atomic E-state index is 13.0. The fourth-order valence-electron chi connectivity index (χ4n) is 5.65. The number of rotatable bonds is 8. The van der Waals surface area contributed by atoms with Crippen LogP contribution in [0.4, 0.5) is 0 Å². The van der Waals surface area contributed by atoms with E-state index >= 15 is 0 Å². The average Bonchev–Trinajstić information content (AvgIpc) is 3.58. The molecule has 3 aromatic rings. The second-order valence-electron chi connectivity index (χ2n) is 10.3. The van der Waals surface area contributed by atoms with Gasteiger partial charge in [0.15, 0.2) is 5.82 Å². The predicted molar refractivity (Wildman–Crippen MR) is 143 cm³/mol. The van der Waals surface area contributed by atoms with Crippen molar-refractivity contribution in [1.29, 1.82) is 0 Å². The van der Waals surface area contributed by atoms with Crippen LogP contribution < -0.4 is 5.32 Å². The number of aromatic nitrogens is 5. The molecular formula is C27H37N7OS. The molecule has 2 aliphatic rings. The Labute approximate surface area is 217 Å². The van der Waals surface area contributed by atoms with Crippen LogP contribution in [0.25, 0.3) is 5.00 Å². The van der Waals surface area contributed by atoms with Crippen molar-refractivity contribution in [2.45, 2.75) is 85.2 Å². The molecule has 1 atom stereocenters. The number of fused-ring (bicyclic) bond motifs is 3. The van der Waals surface area contributed by atoms with Crippen LogP contribution in [0.5, 0.6) is 0 Å². The highest BCUT2D eigenvalue weighted by molar-refractivity contribution is 7.15. The summed E-state index contributed by atoms with van der Waals surface area (Å²) in [5, 5.41) is 13.2. The van der Waals surface area contributed by atoms with E-state index in [0.717, 1.165) is 43.4 Å². The topological polar surface area (TPSA) is 90.0 Å². The lowest BCUT2D eigenvalue weighted by atomic mass is 9.77. The van der Waals surface area contributed by atoms with E-state index in [-0.39, 0.29) is 18.4 Å². The number of imidazole rings is 1. The van der Waals surface area contributed by atoms with E-state index in [1.807, 2.05) is 17.7 Å². The number of hydrogen-bond acceptors (Lipinski definition) is 6. The molecular weight excluding hydrogens is 470 g/mol. The molecule has 36 heavy (non-hydrogen) atoms. The Hall–Kier alpha value is -2.81. The van der Waals surface area contributed by atoms with Crippen LogP contribution in [0, 0.1) is 32.6 Å².